The number of rotatable bonds is 0. The van der Waals surface area contributed by atoms with Crippen LogP contribution in [0.3, 0.4) is 0 Å². The fraction of sp³-hybridized carbons (Fsp3) is 0. The normalized spacial score (nSPS) is 6.73. The number of benzene rings is 1. The van der Waals surface area contributed by atoms with E-state index in [2.05, 4.69) is 0 Å². The van der Waals surface area contributed by atoms with Gasteiger partial charge in [0.15, 0.2) is 11.6 Å². The SMILES string of the molecule is F.F.F.Fc1ccccc1F. The van der Waals surface area contributed by atoms with Crippen LogP contribution in [0.25, 0.3) is 0 Å². The molecule has 1 aromatic rings. The maximum atomic E-state index is 11.9. The summed E-state index contributed by atoms with van der Waals surface area (Å²) in [6.45, 7) is 0. The van der Waals surface area contributed by atoms with E-state index in [0.717, 1.165) is 12.1 Å². The lowest BCUT2D eigenvalue weighted by Crippen LogP contribution is -1.77. The van der Waals surface area contributed by atoms with E-state index >= 15 is 0 Å². The summed E-state index contributed by atoms with van der Waals surface area (Å²) in [4.78, 5) is 0. The molecule has 0 unspecified atom stereocenters. The van der Waals surface area contributed by atoms with Gasteiger partial charge >= 0.3 is 0 Å². The summed E-state index contributed by atoms with van der Waals surface area (Å²) in [5, 5.41) is 0. The van der Waals surface area contributed by atoms with Crippen molar-refractivity contribution in [3.63, 3.8) is 0 Å². The van der Waals surface area contributed by atoms with E-state index < -0.39 is 11.6 Å². The molecule has 1 rings (SSSR count). The molecule has 0 N–H and O–H groups in total. The Hall–Kier alpha value is -1.13. The minimum Gasteiger partial charge on any atom is -0.269 e. The van der Waals surface area contributed by atoms with E-state index in [1.165, 1.54) is 12.1 Å². The molecule has 11 heavy (non-hydrogen) atoms. The Kier molecular flexibility index (Phi) is 10.4. The van der Waals surface area contributed by atoms with Crippen LogP contribution in [0.2, 0.25) is 0 Å². The van der Waals surface area contributed by atoms with Crippen molar-refractivity contribution in [2.75, 3.05) is 0 Å². The Morgan fingerprint density at radius 3 is 1.18 bits per heavy atom. The predicted molar refractivity (Wildman–Crippen MR) is 33.9 cm³/mol. The van der Waals surface area contributed by atoms with Crippen molar-refractivity contribution in [2.45, 2.75) is 0 Å². The molecule has 0 spiro atoms. The van der Waals surface area contributed by atoms with Crippen LogP contribution in [-0.2, 0) is 0 Å². The van der Waals surface area contributed by atoms with Crippen LogP contribution >= 0.6 is 0 Å². The average Bonchev–Trinajstić information content (AvgIpc) is 1.77. The van der Waals surface area contributed by atoms with Crippen molar-refractivity contribution >= 4 is 0 Å². The summed E-state index contributed by atoms with van der Waals surface area (Å²) >= 11 is 0. The molecule has 0 heterocycles. The lowest BCUT2D eigenvalue weighted by atomic mass is 10.3. The molecule has 0 aliphatic rings. The summed E-state index contributed by atoms with van der Waals surface area (Å²) in [6.07, 6.45) is 0. The molecule has 0 bridgehead atoms. The molecule has 0 aliphatic heterocycles. The van der Waals surface area contributed by atoms with Gasteiger partial charge in [-0.05, 0) is 12.1 Å². The topological polar surface area (TPSA) is 0 Å². The van der Waals surface area contributed by atoms with Crippen molar-refractivity contribution in [3.8, 4) is 0 Å². The van der Waals surface area contributed by atoms with Crippen molar-refractivity contribution in [1.29, 1.82) is 0 Å². The molecular weight excluding hydrogens is 167 g/mol. The first-order valence-corrected chi connectivity index (χ1v) is 2.21. The highest BCUT2D eigenvalue weighted by Gasteiger charge is 1.93. The molecule has 0 fully saturated rings. The van der Waals surface area contributed by atoms with E-state index in [1.54, 1.807) is 0 Å². The van der Waals surface area contributed by atoms with Crippen molar-refractivity contribution in [1.82, 2.24) is 0 Å². The molecule has 66 valence electrons. The van der Waals surface area contributed by atoms with Gasteiger partial charge in [-0.1, -0.05) is 12.1 Å². The van der Waals surface area contributed by atoms with Crippen LogP contribution in [0.5, 0.6) is 0 Å². The third-order valence-electron chi connectivity index (χ3n) is 0.824. The number of hydrogen-bond acceptors (Lipinski definition) is 0. The van der Waals surface area contributed by atoms with Gasteiger partial charge < -0.3 is 0 Å². The average molecular weight is 174 g/mol. The fourth-order valence-corrected chi connectivity index (χ4v) is 0.439. The van der Waals surface area contributed by atoms with Gasteiger partial charge in [-0.3, -0.25) is 14.1 Å². The van der Waals surface area contributed by atoms with E-state index in [-0.39, 0.29) is 14.1 Å². The second-order valence-corrected chi connectivity index (χ2v) is 1.41. The summed E-state index contributed by atoms with van der Waals surface area (Å²) < 4.78 is 23.9. The van der Waals surface area contributed by atoms with Crippen LogP contribution in [0.4, 0.5) is 22.9 Å². The number of hydrogen-bond donors (Lipinski definition) is 0. The maximum absolute atomic E-state index is 11.9. The summed E-state index contributed by atoms with van der Waals surface area (Å²) in [5.74, 6) is -1.60. The highest BCUT2D eigenvalue weighted by molar-refractivity contribution is 5.05. The summed E-state index contributed by atoms with van der Waals surface area (Å²) in [6, 6.07) is 5.04. The van der Waals surface area contributed by atoms with Crippen molar-refractivity contribution in [2.24, 2.45) is 0 Å². The Balaban J connectivity index is -0.000000213. The minimum atomic E-state index is -0.799. The molecule has 0 atom stereocenters. The van der Waals surface area contributed by atoms with E-state index in [9.17, 15) is 8.78 Å². The monoisotopic (exact) mass is 174 g/mol. The van der Waals surface area contributed by atoms with Gasteiger partial charge in [0.05, 0.1) is 0 Å². The molecule has 0 amide bonds. The first-order chi connectivity index (χ1) is 3.80. The second-order valence-electron chi connectivity index (χ2n) is 1.41. The maximum Gasteiger partial charge on any atom is 0.158 e. The molecule has 1 aromatic carbocycles. The standard InChI is InChI=1S/C6H4F2.3FH/c7-5-3-1-2-4-6(5)8;;;/h1-4H;3*1H. The minimum absolute atomic E-state index is 0. The number of halogens is 5. The van der Waals surface area contributed by atoms with Crippen LogP contribution in [-0.4, -0.2) is 0 Å². The molecule has 0 aliphatic carbocycles. The smallest absolute Gasteiger partial charge is 0.158 e. The van der Waals surface area contributed by atoms with Gasteiger partial charge in [0.2, 0.25) is 0 Å². The Morgan fingerprint density at radius 2 is 1.00 bits per heavy atom. The molecule has 0 aromatic heterocycles. The lowest BCUT2D eigenvalue weighted by Gasteiger charge is -1.85. The Morgan fingerprint density at radius 1 is 0.727 bits per heavy atom. The van der Waals surface area contributed by atoms with Crippen LogP contribution in [0, 0.1) is 11.6 Å². The van der Waals surface area contributed by atoms with Crippen LogP contribution in [0.15, 0.2) is 24.3 Å². The van der Waals surface area contributed by atoms with Crippen LogP contribution < -0.4 is 0 Å². The predicted octanol–water partition coefficient (Wildman–Crippen LogP) is 2.42. The summed E-state index contributed by atoms with van der Waals surface area (Å²) in [7, 11) is 0. The third-order valence-corrected chi connectivity index (χ3v) is 0.824. The quantitative estimate of drug-likeness (QED) is 0.530. The van der Waals surface area contributed by atoms with E-state index in [0.29, 0.717) is 0 Å². The van der Waals surface area contributed by atoms with Gasteiger partial charge in [-0.2, -0.15) is 0 Å². The van der Waals surface area contributed by atoms with Crippen molar-refractivity contribution < 1.29 is 22.9 Å². The van der Waals surface area contributed by atoms with Gasteiger partial charge in [0.1, 0.15) is 0 Å². The fourth-order valence-electron chi connectivity index (χ4n) is 0.439. The highest BCUT2D eigenvalue weighted by atomic mass is 19.2. The molecule has 0 saturated heterocycles. The van der Waals surface area contributed by atoms with Gasteiger partial charge in [0.25, 0.3) is 0 Å². The largest absolute Gasteiger partial charge is 0.269 e. The van der Waals surface area contributed by atoms with Crippen LogP contribution in [0.1, 0.15) is 0 Å². The van der Waals surface area contributed by atoms with Crippen molar-refractivity contribution in [3.05, 3.63) is 35.9 Å². The molecule has 0 radical (unpaired) electrons. The zero-order chi connectivity index (χ0) is 5.98. The third kappa shape index (κ3) is 4.30. The molecular formula is C6H7F5. The lowest BCUT2D eigenvalue weighted by molar-refractivity contribution is 0.508. The Labute approximate surface area is 59.9 Å². The summed E-state index contributed by atoms with van der Waals surface area (Å²) in [5.41, 5.74) is 0. The first-order valence-electron chi connectivity index (χ1n) is 2.21. The first kappa shape index (κ1) is 16.5. The van der Waals surface area contributed by atoms with Gasteiger partial charge in [-0.15, -0.1) is 0 Å². The van der Waals surface area contributed by atoms with Gasteiger partial charge in [-0.25, -0.2) is 8.78 Å². The van der Waals surface area contributed by atoms with E-state index in [4.69, 9.17) is 0 Å². The zero-order valence-electron chi connectivity index (χ0n) is 5.29. The molecule has 0 saturated carbocycles. The van der Waals surface area contributed by atoms with E-state index in [1.807, 2.05) is 0 Å². The zero-order valence-corrected chi connectivity index (χ0v) is 5.29. The second kappa shape index (κ2) is 6.98. The molecule has 0 nitrogen and oxygen atoms in total. The van der Waals surface area contributed by atoms with Gasteiger partial charge in [0, 0.05) is 0 Å². The highest BCUT2D eigenvalue weighted by Crippen LogP contribution is 2.01. The Bertz CT molecular complexity index is 167. The molecule has 5 heteroatoms.